The summed E-state index contributed by atoms with van der Waals surface area (Å²) in [6.45, 7) is 1.43. The highest BCUT2D eigenvalue weighted by molar-refractivity contribution is 7.92. The van der Waals surface area contributed by atoms with E-state index in [1.54, 1.807) is 18.3 Å². The average molecular weight is 352 g/mol. The Balaban J connectivity index is 1.80. The second-order valence-electron chi connectivity index (χ2n) is 5.48. The van der Waals surface area contributed by atoms with Gasteiger partial charge in [0.1, 0.15) is 5.82 Å². The van der Waals surface area contributed by atoms with Gasteiger partial charge < -0.3 is 0 Å². The van der Waals surface area contributed by atoms with Gasteiger partial charge >= 0.3 is 0 Å². The van der Waals surface area contributed by atoms with E-state index in [0.29, 0.717) is 5.56 Å². The van der Waals surface area contributed by atoms with E-state index in [-0.39, 0.29) is 16.5 Å². The molecule has 0 saturated carbocycles. The van der Waals surface area contributed by atoms with E-state index in [1.165, 1.54) is 31.2 Å². The second kappa shape index (κ2) is 6.86. The normalized spacial score (nSPS) is 11.1. The molecule has 0 bridgehead atoms. The van der Waals surface area contributed by atoms with Crippen LogP contribution in [0.4, 0.5) is 5.82 Å². The number of carbonyl (C=O) groups is 1. The molecule has 3 aromatic rings. The molecule has 1 heterocycles. The van der Waals surface area contributed by atoms with E-state index >= 15 is 0 Å². The SMILES string of the molecule is CC(=O)c1ccc(S(=O)(=O)Nc2ccc(-c3ccccc3)cn2)cc1. The molecule has 0 fully saturated rings. The first-order valence-corrected chi connectivity index (χ1v) is 9.09. The van der Waals surface area contributed by atoms with Gasteiger partial charge in [0.05, 0.1) is 4.90 Å². The molecule has 126 valence electrons. The zero-order valence-electron chi connectivity index (χ0n) is 13.5. The van der Waals surface area contributed by atoms with Crippen LogP contribution in [0.25, 0.3) is 11.1 Å². The number of rotatable bonds is 5. The van der Waals surface area contributed by atoms with E-state index in [1.807, 2.05) is 30.3 Å². The van der Waals surface area contributed by atoms with Crippen LogP contribution < -0.4 is 4.72 Å². The molecule has 6 heteroatoms. The van der Waals surface area contributed by atoms with E-state index in [4.69, 9.17) is 0 Å². The minimum Gasteiger partial charge on any atom is -0.295 e. The van der Waals surface area contributed by atoms with Gasteiger partial charge in [0.2, 0.25) is 0 Å². The van der Waals surface area contributed by atoms with Crippen molar-refractivity contribution < 1.29 is 13.2 Å². The molecular weight excluding hydrogens is 336 g/mol. The zero-order chi connectivity index (χ0) is 17.9. The molecule has 0 unspecified atom stereocenters. The van der Waals surface area contributed by atoms with Gasteiger partial charge in [-0.25, -0.2) is 13.4 Å². The first-order valence-electron chi connectivity index (χ1n) is 7.61. The van der Waals surface area contributed by atoms with E-state index in [2.05, 4.69) is 9.71 Å². The minimum absolute atomic E-state index is 0.0754. The van der Waals surface area contributed by atoms with Crippen LogP contribution in [0, 0.1) is 0 Å². The number of pyridine rings is 1. The monoisotopic (exact) mass is 352 g/mol. The van der Waals surface area contributed by atoms with Crippen LogP contribution in [0.5, 0.6) is 0 Å². The van der Waals surface area contributed by atoms with Gasteiger partial charge in [-0.3, -0.25) is 9.52 Å². The third-order valence-corrected chi connectivity index (χ3v) is 5.05. The second-order valence-corrected chi connectivity index (χ2v) is 7.17. The van der Waals surface area contributed by atoms with Crippen LogP contribution >= 0.6 is 0 Å². The fourth-order valence-corrected chi connectivity index (χ4v) is 3.33. The first-order chi connectivity index (χ1) is 12.0. The molecule has 1 N–H and O–H groups in total. The van der Waals surface area contributed by atoms with E-state index in [0.717, 1.165) is 11.1 Å². The van der Waals surface area contributed by atoms with Crippen molar-refractivity contribution in [2.45, 2.75) is 11.8 Å². The molecule has 2 aromatic carbocycles. The van der Waals surface area contributed by atoms with Crippen LogP contribution in [-0.4, -0.2) is 19.2 Å². The average Bonchev–Trinajstić information content (AvgIpc) is 2.63. The zero-order valence-corrected chi connectivity index (χ0v) is 14.3. The number of hydrogen-bond acceptors (Lipinski definition) is 4. The number of nitrogens with zero attached hydrogens (tertiary/aromatic N) is 1. The molecule has 0 atom stereocenters. The standard InChI is InChI=1S/C19H16N2O3S/c1-14(22)15-7-10-18(11-8-15)25(23,24)21-19-12-9-17(13-20-19)16-5-3-2-4-6-16/h2-13H,1H3,(H,20,21). The van der Waals surface area contributed by atoms with Crippen molar-refractivity contribution in [2.24, 2.45) is 0 Å². The maximum Gasteiger partial charge on any atom is 0.263 e. The molecule has 3 rings (SSSR count). The highest BCUT2D eigenvalue weighted by Crippen LogP contribution is 2.20. The van der Waals surface area contributed by atoms with Crippen LogP contribution in [0.15, 0.2) is 77.8 Å². The third-order valence-electron chi connectivity index (χ3n) is 3.68. The van der Waals surface area contributed by atoms with Crippen molar-refractivity contribution in [2.75, 3.05) is 4.72 Å². The summed E-state index contributed by atoms with van der Waals surface area (Å²) in [5, 5.41) is 0. The summed E-state index contributed by atoms with van der Waals surface area (Å²) in [6, 6.07) is 18.9. The lowest BCUT2D eigenvalue weighted by Crippen LogP contribution is -2.14. The summed E-state index contributed by atoms with van der Waals surface area (Å²) in [7, 11) is -3.76. The highest BCUT2D eigenvalue weighted by Gasteiger charge is 2.15. The van der Waals surface area contributed by atoms with Gasteiger partial charge in [0.25, 0.3) is 10.0 Å². The Labute approximate surface area is 146 Å². The Kier molecular flexibility index (Phi) is 4.63. The van der Waals surface area contributed by atoms with Crippen LogP contribution in [0.2, 0.25) is 0 Å². The van der Waals surface area contributed by atoms with Gasteiger partial charge in [-0.05, 0) is 36.8 Å². The predicted molar refractivity (Wildman–Crippen MR) is 96.9 cm³/mol. The predicted octanol–water partition coefficient (Wildman–Crippen LogP) is 3.75. The Hall–Kier alpha value is -2.99. The Morgan fingerprint density at radius 1 is 0.880 bits per heavy atom. The number of carbonyl (C=O) groups excluding carboxylic acids is 1. The van der Waals surface area contributed by atoms with Gasteiger partial charge in [0, 0.05) is 17.3 Å². The lowest BCUT2D eigenvalue weighted by Gasteiger charge is -2.08. The summed E-state index contributed by atoms with van der Waals surface area (Å²) in [5.41, 5.74) is 2.36. The van der Waals surface area contributed by atoms with Crippen molar-refractivity contribution in [3.05, 3.63) is 78.5 Å². The number of sulfonamides is 1. The lowest BCUT2D eigenvalue weighted by atomic mass is 10.1. The van der Waals surface area contributed by atoms with Crippen molar-refractivity contribution in [1.82, 2.24) is 4.98 Å². The lowest BCUT2D eigenvalue weighted by molar-refractivity contribution is 0.101. The van der Waals surface area contributed by atoms with Gasteiger partial charge in [-0.2, -0.15) is 0 Å². The quantitative estimate of drug-likeness (QED) is 0.710. The maximum atomic E-state index is 12.4. The molecule has 0 aliphatic heterocycles. The topological polar surface area (TPSA) is 76.1 Å². The van der Waals surface area contributed by atoms with Crippen LogP contribution in [-0.2, 0) is 10.0 Å². The van der Waals surface area contributed by atoms with Gasteiger partial charge in [-0.15, -0.1) is 0 Å². The number of benzene rings is 2. The fourth-order valence-electron chi connectivity index (χ4n) is 2.32. The Bertz CT molecular complexity index is 981. The molecular formula is C19H16N2O3S. The first kappa shape index (κ1) is 16.9. The smallest absolute Gasteiger partial charge is 0.263 e. The van der Waals surface area contributed by atoms with Crippen LogP contribution in [0.1, 0.15) is 17.3 Å². The molecule has 0 aliphatic carbocycles. The van der Waals surface area contributed by atoms with Crippen molar-refractivity contribution in [1.29, 1.82) is 0 Å². The molecule has 0 spiro atoms. The van der Waals surface area contributed by atoms with Crippen molar-refractivity contribution in [3.8, 4) is 11.1 Å². The summed E-state index contributed by atoms with van der Waals surface area (Å²) >= 11 is 0. The molecule has 0 saturated heterocycles. The van der Waals surface area contributed by atoms with Gasteiger partial charge in [-0.1, -0.05) is 42.5 Å². The Morgan fingerprint density at radius 2 is 1.56 bits per heavy atom. The summed E-state index contributed by atoms with van der Waals surface area (Å²) in [5.74, 6) is 0.116. The molecule has 0 aliphatic rings. The summed E-state index contributed by atoms with van der Waals surface area (Å²) in [4.78, 5) is 15.5. The summed E-state index contributed by atoms with van der Waals surface area (Å²) < 4.78 is 27.2. The number of aromatic nitrogens is 1. The molecule has 1 aromatic heterocycles. The largest absolute Gasteiger partial charge is 0.295 e. The molecule has 0 radical (unpaired) electrons. The number of nitrogens with one attached hydrogen (secondary N) is 1. The number of anilines is 1. The molecule has 5 nitrogen and oxygen atoms in total. The number of Topliss-reactive ketones (excluding diaryl/α,β-unsaturated/α-hetero) is 1. The fraction of sp³-hybridized carbons (Fsp3) is 0.0526. The maximum absolute atomic E-state index is 12.4. The molecule has 0 amide bonds. The highest BCUT2D eigenvalue weighted by atomic mass is 32.2. The van der Waals surface area contributed by atoms with Crippen LogP contribution in [0.3, 0.4) is 0 Å². The number of ketones is 1. The Morgan fingerprint density at radius 3 is 2.12 bits per heavy atom. The van der Waals surface area contributed by atoms with E-state index in [9.17, 15) is 13.2 Å². The summed E-state index contributed by atoms with van der Waals surface area (Å²) in [6.07, 6.45) is 1.62. The molecule has 25 heavy (non-hydrogen) atoms. The minimum atomic E-state index is -3.76. The van der Waals surface area contributed by atoms with Crippen molar-refractivity contribution in [3.63, 3.8) is 0 Å². The number of hydrogen-bond donors (Lipinski definition) is 1. The van der Waals surface area contributed by atoms with Gasteiger partial charge in [0.15, 0.2) is 5.78 Å². The van der Waals surface area contributed by atoms with E-state index < -0.39 is 10.0 Å². The van der Waals surface area contributed by atoms with Crippen molar-refractivity contribution >= 4 is 21.6 Å². The third kappa shape index (κ3) is 3.92.